The second kappa shape index (κ2) is 3.75. The number of hydrogen-bond acceptors (Lipinski definition) is 3. The van der Waals surface area contributed by atoms with E-state index >= 15 is 0 Å². The van der Waals surface area contributed by atoms with Crippen molar-refractivity contribution in [3.05, 3.63) is 36.4 Å². The zero-order chi connectivity index (χ0) is 11.0. The van der Waals surface area contributed by atoms with E-state index in [-0.39, 0.29) is 0 Å². The molecule has 1 saturated heterocycles. The van der Waals surface area contributed by atoms with Gasteiger partial charge >= 0.3 is 0 Å². The normalized spacial score (nSPS) is 17.6. The monoisotopic (exact) mass is 217 g/mol. The number of rotatable bonds is 3. The minimum atomic E-state index is 0.503. The third-order valence-corrected chi connectivity index (χ3v) is 3.19. The predicted octanol–water partition coefficient (Wildman–Crippen LogP) is 0.673. The number of aryl methyl sites for hydroxylation is 1. The van der Waals surface area contributed by atoms with Crippen molar-refractivity contribution < 1.29 is 0 Å². The van der Waals surface area contributed by atoms with Crippen LogP contribution in [-0.4, -0.2) is 37.6 Å². The Kier molecular flexibility index (Phi) is 2.25. The fourth-order valence-electron chi connectivity index (χ4n) is 2.14. The molecule has 0 radical (unpaired) electrons. The van der Waals surface area contributed by atoms with Crippen molar-refractivity contribution in [1.29, 1.82) is 0 Å². The smallest absolute Gasteiger partial charge is 0.0790 e. The fraction of sp³-hybridized carbons (Fsp3) is 0.455. The minimum absolute atomic E-state index is 0.503. The highest BCUT2D eigenvalue weighted by molar-refractivity contribution is 5.07. The van der Waals surface area contributed by atoms with Gasteiger partial charge in [0.1, 0.15) is 0 Å². The van der Waals surface area contributed by atoms with Gasteiger partial charge in [-0.1, -0.05) is 5.21 Å². The summed E-state index contributed by atoms with van der Waals surface area (Å²) in [5.74, 6) is 0. The van der Waals surface area contributed by atoms with E-state index in [1.54, 1.807) is 6.20 Å². The van der Waals surface area contributed by atoms with Crippen LogP contribution in [0, 0.1) is 0 Å². The molecule has 0 spiro atoms. The van der Waals surface area contributed by atoms with Gasteiger partial charge in [0.25, 0.3) is 0 Å². The summed E-state index contributed by atoms with van der Waals surface area (Å²) in [6.07, 6.45) is 5.76. The quantitative estimate of drug-likeness (QED) is 0.758. The summed E-state index contributed by atoms with van der Waals surface area (Å²) in [5, 5.41) is 7.85. The van der Waals surface area contributed by atoms with Crippen LogP contribution in [-0.2, 0) is 13.6 Å². The van der Waals surface area contributed by atoms with Crippen LogP contribution in [0.1, 0.15) is 11.7 Å². The van der Waals surface area contributed by atoms with Crippen LogP contribution in [0.25, 0.3) is 0 Å². The Morgan fingerprint density at radius 2 is 2.25 bits per heavy atom. The molecule has 0 N–H and O–H groups in total. The summed E-state index contributed by atoms with van der Waals surface area (Å²) in [5.41, 5.74) is 1.36. The van der Waals surface area contributed by atoms with Crippen LogP contribution in [0.15, 0.2) is 30.7 Å². The van der Waals surface area contributed by atoms with Gasteiger partial charge in [-0.3, -0.25) is 4.90 Å². The molecule has 3 heterocycles. The minimum Gasteiger partial charge on any atom is -0.353 e. The fourth-order valence-corrected chi connectivity index (χ4v) is 2.14. The number of hydrogen-bond donors (Lipinski definition) is 0. The lowest BCUT2D eigenvalue weighted by Crippen LogP contribution is -2.47. The Balaban J connectivity index is 1.56. The SMILES string of the molecule is Cn1cccc1CN1CC(n2ccnn2)C1. The summed E-state index contributed by atoms with van der Waals surface area (Å²) in [4.78, 5) is 2.42. The maximum Gasteiger partial charge on any atom is 0.0790 e. The summed E-state index contributed by atoms with van der Waals surface area (Å²) in [6.45, 7) is 3.15. The van der Waals surface area contributed by atoms with E-state index in [0.29, 0.717) is 6.04 Å². The number of likely N-dealkylation sites (tertiary alicyclic amines) is 1. The van der Waals surface area contributed by atoms with Gasteiger partial charge in [-0.25, -0.2) is 4.68 Å². The van der Waals surface area contributed by atoms with Gasteiger partial charge in [0.15, 0.2) is 0 Å². The highest BCUT2D eigenvalue weighted by Crippen LogP contribution is 2.21. The van der Waals surface area contributed by atoms with Crippen molar-refractivity contribution in [3.8, 4) is 0 Å². The molecule has 1 aliphatic heterocycles. The van der Waals surface area contributed by atoms with Gasteiger partial charge in [0, 0.05) is 44.8 Å². The summed E-state index contributed by atoms with van der Waals surface area (Å²) in [6, 6.07) is 4.76. The summed E-state index contributed by atoms with van der Waals surface area (Å²) < 4.78 is 4.12. The van der Waals surface area contributed by atoms with Crippen molar-refractivity contribution in [1.82, 2.24) is 24.5 Å². The van der Waals surface area contributed by atoms with Gasteiger partial charge in [-0.05, 0) is 12.1 Å². The lowest BCUT2D eigenvalue weighted by Gasteiger charge is -2.38. The van der Waals surface area contributed by atoms with Gasteiger partial charge in [0.2, 0.25) is 0 Å². The standard InChI is InChI=1S/C11H15N5/c1-14-5-2-3-10(14)7-15-8-11(9-15)16-6-4-12-13-16/h2-6,11H,7-9H2,1H3. The van der Waals surface area contributed by atoms with Crippen molar-refractivity contribution in [2.24, 2.45) is 7.05 Å². The molecule has 0 bridgehead atoms. The average Bonchev–Trinajstić information content (AvgIpc) is 2.82. The summed E-state index contributed by atoms with van der Waals surface area (Å²) in [7, 11) is 2.09. The first kappa shape index (κ1) is 9.59. The Morgan fingerprint density at radius 1 is 1.38 bits per heavy atom. The lowest BCUT2D eigenvalue weighted by molar-refractivity contribution is 0.0874. The number of nitrogens with zero attached hydrogens (tertiary/aromatic N) is 5. The highest BCUT2D eigenvalue weighted by Gasteiger charge is 2.28. The Morgan fingerprint density at radius 3 is 2.88 bits per heavy atom. The molecule has 0 aromatic carbocycles. The zero-order valence-corrected chi connectivity index (χ0v) is 9.32. The molecule has 0 atom stereocenters. The van der Waals surface area contributed by atoms with E-state index in [1.165, 1.54) is 5.69 Å². The third kappa shape index (κ3) is 1.63. The van der Waals surface area contributed by atoms with Crippen molar-refractivity contribution >= 4 is 0 Å². The molecule has 0 amide bonds. The molecular formula is C11H15N5. The summed E-state index contributed by atoms with van der Waals surface area (Å²) >= 11 is 0. The van der Waals surface area contributed by atoms with Crippen molar-refractivity contribution in [2.75, 3.05) is 13.1 Å². The first-order valence-corrected chi connectivity index (χ1v) is 5.51. The first-order chi connectivity index (χ1) is 7.83. The predicted molar refractivity (Wildman–Crippen MR) is 59.7 cm³/mol. The molecule has 2 aromatic rings. The van der Waals surface area contributed by atoms with Crippen LogP contribution < -0.4 is 0 Å². The van der Waals surface area contributed by atoms with Crippen LogP contribution in [0.4, 0.5) is 0 Å². The van der Waals surface area contributed by atoms with Gasteiger partial charge < -0.3 is 4.57 Å². The zero-order valence-electron chi connectivity index (χ0n) is 9.32. The van der Waals surface area contributed by atoms with Gasteiger partial charge in [0.05, 0.1) is 12.2 Å². The van der Waals surface area contributed by atoms with E-state index < -0.39 is 0 Å². The van der Waals surface area contributed by atoms with Crippen molar-refractivity contribution in [2.45, 2.75) is 12.6 Å². The molecule has 0 saturated carbocycles. The molecule has 3 rings (SSSR count). The van der Waals surface area contributed by atoms with Crippen LogP contribution >= 0.6 is 0 Å². The van der Waals surface area contributed by atoms with E-state index in [1.807, 2.05) is 10.9 Å². The largest absolute Gasteiger partial charge is 0.353 e. The number of aromatic nitrogens is 4. The average molecular weight is 217 g/mol. The second-order valence-electron chi connectivity index (χ2n) is 4.34. The molecule has 0 unspecified atom stereocenters. The molecular weight excluding hydrogens is 202 g/mol. The van der Waals surface area contributed by atoms with E-state index in [4.69, 9.17) is 0 Å². The van der Waals surface area contributed by atoms with Crippen LogP contribution in [0.5, 0.6) is 0 Å². The van der Waals surface area contributed by atoms with Crippen LogP contribution in [0.2, 0.25) is 0 Å². The molecule has 0 aliphatic carbocycles. The van der Waals surface area contributed by atoms with Gasteiger partial charge in [-0.2, -0.15) is 0 Å². The third-order valence-electron chi connectivity index (χ3n) is 3.19. The molecule has 1 fully saturated rings. The van der Waals surface area contributed by atoms with Crippen LogP contribution in [0.3, 0.4) is 0 Å². The Hall–Kier alpha value is -1.62. The Bertz CT molecular complexity index is 452. The van der Waals surface area contributed by atoms with Gasteiger partial charge in [-0.15, -0.1) is 5.10 Å². The second-order valence-corrected chi connectivity index (χ2v) is 4.34. The lowest BCUT2D eigenvalue weighted by atomic mass is 10.1. The molecule has 84 valence electrons. The van der Waals surface area contributed by atoms with E-state index in [9.17, 15) is 0 Å². The molecule has 5 heteroatoms. The molecule has 5 nitrogen and oxygen atoms in total. The van der Waals surface area contributed by atoms with Crippen molar-refractivity contribution in [3.63, 3.8) is 0 Å². The first-order valence-electron chi connectivity index (χ1n) is 5.51. The van der Waals surface area contributed by atoms with E-state index in [0.717, 1.165) is 19.6 Å². The highest BCUT2D eigenvalue weighted by atomic mass is 15.5. The molecule has 16 heavy (non-hydrogen) atoms. The molecule has 1 aliphatic rings. The van der Waals surface area contributed by atoms with E-state index in [2.05, 4.69) is 45.2 Å². The topological polar surface area (TPSA) is 38.9 Å². The molecule has 2 aromatic heterocycles. The maximum atomic E-state index is 4.02. The Labute approximate surface area is 94.3 Å². The maximum absolute atomic E-state index is 4.02.